The second-order valence-electron chi connectivity index (χ2n) is 13.0. The molecule has 8 heteroatoms. The summed E-state index contributed by atoms with van der Waals surface area (Å²) in [6, 6.07) is 20.9. The van der Waals surface area contributed by atoms with Gasteiger partial charge in [-0.15, -0.1) is 0 Å². The van der Waals surface area contributed by atoms with E-state index in [0.717, 1.165) is 76.5 Å². The van der Waals surface area contributed by atoms with Gasteiger partial charge < -0.3 is 19.1 Å². The predicted octanol–water partition coefficient (Wildman–Crippen LogP) is 8.75. The van der Waals surface area contributed by atoms with Gasteiger partial charge in [0.15, 0.2) is 0 Å². The van der Waals surface area contributed by atoms with Gasteiger partial charge in [-0.05, 0) is 107 Å². The molecule has 1 atom stereocenters. The maximum Gasteiger partial charge on any atom is 0.142 e. The zero-order valence-electron chi connectivity index (χ0n) is 28.9. The number of ether oxygens (including phenoxy) is 3. The van der Waals surface area contributed by atoms with Crippen LogP contribution in [0.15, 0.2) is 67.0 Å². The number of likely N-dealkylation sites (tertiary alicyclic amines) is 1. The molecule has 48 heavy (non-hydrogen) atoms. The molecule has 1 aliphatic rings. The molecule has 1 saturated heterocycles. The molecule has 252 valence electrons. The number of hydrogen-bond donors (Lipinski definition) is 0. The molecular formula is C40H47ClN4O3. The lowest BCUT2D eigenvalue weighted by atomic mass is 9.93. The molecule has 0 N–H and O–H groups in total. The van der Waals surface area contributed by atoms with Gasteiger partial charge in [-0.3, -0.25) is 9.88 Å². The molecule has 0 bridgehead atoms. The van der Waals surface area contributed by atoms with Crippen molar-refractivity contribution < 1.29 is 14.2 Å². The summed E-state index contributed by atoms with van der Waals surface area (Å²) in [4.78, 5) is 8.85. The van der Waals surface area contributed by atoms with E-state index >= 15 is 0 Å². The highest BCUT2D eigenvalue weighted by molar-refractivity contribution is 6.32. The Balaban J connectivity index is 1.36. The summed E-state index contributed by atoms with van der Waals surface area (Å²) in [6.45, 7) is 10.6. The van der Waals surface area contributed by atoms with Gasteiger partial charge in [0.1, 0.15) is 36.5 Å². The normalized spacial score (nSPS) is 14.9. The number of benzene rings is 3. The molecule has 0 saturated carbocycles. The fraction of sp³-hybridized carbons (Fsp3) is 0.400. The fourth-order valence-corrected chi connectivity index (χ4v) is 6.50. The third-order valence-electron chi connectivity index (χ3n) is 9.16. The fourth-order valence-electron chi connectivity index (χ4n) is 6.26. The Morgan fingerprint density at radius 3 is 2.44 bits per heavy atom. The van der Waals surface area contributed by atoms with Crippen molar-refractivity contribution in [2.24, 2.45) is 0 Å². The summed E-state index contributed by atoms with van der Waals surface area (Å²) in [5.41, 5.74) is 8.01. The largest absolute Gasteiger partial charge is 0.493 e. The Labute approximate surface area is 291 Å². The van der Waals surface area contributed by atoms with Gasteiger partial charge in [-0.25, -0.2) is 0 Å². The van der Waals surface area contributed by atoms with Crippen LogP contribution >= 0.6 is 11.6 Å². The molecule has 2 heterocycles. The van der Waals surface area contributed by atoms with E-state index in [2.05, 4.69) is 86.1 Å². The van der Waals surface area contributed by atoms with E-state index in [4.69, 9.17) is 25.8 Å². The molecule has 1 fully saturated rings. The summed E-state index contributed by atoms with van der Waals surface area (Å²) >= 11 is 6.89. The lowest BCUT2D eigenvalue weighted by molar-refractivity contribution is 0.150. The predicted molar refractivity (Wildman–Crippen MR) is 193 cm³/mol. The van der Waals surface area contributed by atoms with Crippen molar-refractivity contribution in [2.45, 2.75) is 72.3 Å². The van der Waals surface area contributed by atoms with Crippen molar-refractivity contribution in [1.82, 2.24) is 14.8 Å². The summed E-state index contributed by atoms with van der Waals surface area (Å²) in [7, 11) is 4.16. The number of halogens is 1. The third kappa shape index (κ3) is 9.08. The van der Waals surface area contributed by atoms with Crippen molar-refractivity contribution in [3.05, 3.63) is 105 Å². The molecule has 3 aromatic carbocycles. The van der Waals surface area contributed by atoms with Gasteiger partial charge in [-0.2, -0.15) is 5.26 Å². The molecule has 1 aromatic heterocycles. The molecule has 0 unspecified atom stereocenters. The van der Waals surface area contributed by atoms with E-state index in [9.17, 15) is 5.26 Å². The molecule has 4 aromatic rings. The van der Waals surface area contributed by atoms with Gasteiger partial charge >= 0.3 is 0 Å². The highest BCUT2D eigenvalue weighted by Gasteiger charge is 2.22. The maximum atomic E-state index is 9.33. The van der Waals surface area contributed by atoms with Crippen LogP contribution in [0.5, 0.6) is 17.2 Å². The lowest BCUT2D eigenvalue weighted by Gasteiger charge is -2.33. The first kappa shape index (κ1) is 35.2. The number of hydrogen-bond acceptors (Lipinski definition) is 7. The quantitative estimate of drug-likeness (QED) is 0.125. The zero-order chi connectivity index (χ0) is 34.0. The van der Waals surface area contributed by atoms with Crippen LogP contribution in [0.2, 0.25) is 5.02 Å². The van der Waals surface area contributed by atoms with E-state index in [1.54, 1.807) is 18.5 Å². The summed E-state index contributed by atoms with van der Waals surface area (Å²) in [6.07, 6.45) is 7.88. The second-order valence-corrected chi connectivity index (χ2v) is 13.4. The number of nitriles is 1. The first-order chi connectivity index (χ1) is 23.2. The summed E-state index contributed by atoms with van der Waals surface area (Å²) < 4.78 is 19.0. The number of rotatable bonds is 14. The minimum atomic E-state index is 0.283. The van der Waals surface area contributed by atoms with E-state index in [1.807, 2.05) is 18.2 Å². The summed E-state index contributed by atoms with van der Waals surface area (Å²) in [5.74, 6) is 2.21. The third-order valence-corrected chi connectivity index (χ3v) is 9.45. The summed E-state index contributed by atoms with van der Waals surface area (Å²) in [5, 5.41) is 9.88. The molecule has 0 radical (unpaired) electrons. The Morgan fingerprint density at radius 2 is 1.67 bits per heavy atom. The Bertz CT molecular complexity index is 1730. The van der Waals surface area contributed by atoms with Crippen LogP contribution in [-0.2, 0) is 19.8 Å². The average Bonchev–Trinajstić information content (AvgIpc) is 3.08. The highest BCUT2D eigenvalue weighted by Crippen LogP contribution is 2.37. The average molecular weight is 667 g/mol. The van der Waals surface area contributed by atoms with Gasteiger partial charge in [0.2, 0.25) is 0 Å². The highest BCUT2D eigenvalue weighted by atomic mass is 35.5. The molecular weight excluding hydrogens is 620 g/mol. The number of aromatic nitrogens is 1. The minimum Gasteiger partial charge on any atom is -0.493 e. The lowest BCUT2D eigenvalue weighted by Crippen LogP contribution is -2.36. The van der Waals surface area contributed by atoms with Crippen molar-refractivity contribution in [3.63, 3.8) is 0 Å². The van der Waals surface area contributed by atoms with Crippen molar-refractivity contribution in [2.75, 3.05) is 33.8 Å². The molecule has 0 amide bonds. The Hall–Kier alpha value is -4.09. The SMILES string of the molecule is Cc1c(COc2cc(OCc3cncc(C#N)c3)c(CN3CCCC[C@H]3C)cc2Cl)cccc1-c1cccc(OCCCN(C)C)c1C. The standard InChI is InChI=1S/C40H47ClN4O3/c1-28-11-6-7-17-45(28)25-34-20-37(41)40(21-39(34)47-26-32-19-31(22-42)23-43-24-32)48-27-33-12-8-13-35(29(33)2)36-14-9-15-38(30(36)3)46-18-10-16-44(4)5/h8-9,12-15,19-21,23-24,28H,6-7,10-11,16-18,25-27H2,1-5H3/t28-/m1/s1. The first-order valence-electron chi connectivity index (χ1n) is 16.9. The smallest absolute Gasteiger partial charge is 0.142 e. The van der Waals surface area contributed by atoms with E-state index < -0.39 is 0 Å². The molecule has 5 rings (SSSR count). The molecule has 7 nitrogen and oxygen atoms in total. The second kappa shape index (κ2) is 16.8. The van der Waals surface area contributed by atoms with E-state index in [0.29, 0.717) is 35.6 Å². The minimum absolute atomic E-state index is 0.283. The van der Waals surface area contributed by atoms with Gasteiger partial charge in [-0.1, -0.05) is 48.4 Å². The Morgan fingerprint density at radius 1 is 0.896 bits per heavy atom. The maximum absolute atomic E-state index is 9.33. The van der Waals surface area contributed by atoms with Gasteiger partial charge in [0.25, 0.3) is 0 Å². The molecule has 0 aliphatic carbocycles. The van der Waals surface area contributed by atoms with Crippen LogP contribution in [0.3, 0.4) is 0 Å². The van der Waals surface area contributed by atoms with Crippen LogP contribution in [0.25, 0.3) is 11.1 Å². The van der Waals surface area contributed by atoms with Crippen LogP contribution < -0.4 is 14.2 Å². The number of nitrogens with zero attached hydrogens (tertiary/aromatic N) is 4. The zero-order valence-corrected chi connectivity index (χ0v) is 29.6. The number of piperidine rings is 1. The van der Waals surface area contributed by atoms with E-state index in [1.165, 1.54) is 19.3 Å². The van der Waals surface area contributed by atoms with E-state index in [-0.39, 0.29) is 6.61 Å². The Kier molecular flexibility index (Phi) is 12.4. The van der Waals surface area contributed by atoms with Gasteiger partial charge in [0.05, 0.1) is 17.2 Å². The molecule has 1 aliphatic heterocycles. The first-order valence-corrected chi connectivity index (χ1v) is 17.2. The van der Waals surface area contributed by atoms with Crippen molar-refractivity contribution in [3.8, 4) is 34.4 Å². The molecule has 0 spiro atoms. The topological polar surface area (TPSA) is 70.8 Å². The van der Waals surface area contributed by atoms with Crippen molar-refractivity contribution in [1.29, 1.82) is 5.26 Å². The van der Waals surface area contributed by atoms with Crippen LogP contribution in [0.1, 0.15) is 66.0 Å². The van der Waals surface area contributed by atoms with Gasteiger partial charge in [0, 0.05) is 48.7 Å². The van der Waals surface area contributed by atoms with Crippen molar-refractivity contribution >= 4 is 11.6 Å². The van der Waals surface area contributed by atoms with Crippen LogP contribution in [0.4, 0.5) is 0 Å². The number of pyridine rings is 1. The van der Waals surface area contributed by atoms with Crippen LogP contribution in [-0.4, -0.2) is 54.6 Å². The van der Waals surface area contributed by atoms with Crippen LogP contribution in [0, 0.1) is 25.2 Å². The monoisotopic (exact) mass is 666 g/mol.